The van der Waals surface area contributed by atoms with Crippen LogP contribution in [0.25, 0.3) is 0 Å². The van der Waals surface area contributed by atoms with E-state index < -0.39 is 12.0 Å². The van der Waals surface area contributed by atoms with Crippen LogP contribution >= 0.6 is 0 Å². The number of esters is 1. The Morgan fingerprint density at radius 1 is 1.32 bits per heavy atom. The van der Waals surface area contributed by atoms with Gasteiger partial charge in [-0.3, -0.25) is 10.00 Å². The molecule has 1 atom stereocenters. The van der Waals surface area contributed by atoms with Gasteiger partial charge in [0, 0.05) is 12.6 Å². The summed E-state index contributed by atoms with van der Waals surface area (Å²) in [5.41, 5.74) is 0.231. The van der Waals surface area contributed by atoms with Crippen molar-refractivity contribution in [2.45, 2.75) is 46.3 Å². The van der Waals surface area contributed by atoms with Crippen LogP contribution < -0.4 is 10.6 Å². The van der Waals surface area contributed by atoms with E-state index >= 15 is 0 Å². The Labute approximate surface area is 145 Å². The lowest BCUT2D eigenvalue weighted by Gasteiger charge is -2.15. The molecule has 0 aliphatic carbocycles. The van der Waals surface area contributed by atoms with E-state index in [1.54, 1.807) is 22.6 Å². The minimum Gasteiger partial charge on any atom is -0.462 e. The molecule has 136 valence electrons. The summed E-state index contributed by atoms with van der Waals surface area (Å²) in [5, 5.41) is 13.6. The largest absolute Gasteiger partial charge is 0.462 e. The molecule has 0 saturated heterocycles. The van der Waals surface area contributed by atoms with Gasteiger partial charge >= 0.3 is 12.0 Å². The van der Waals surface area contributed by atoms with Crippen LogP contribution in [0.2, 0.25) is 0 Å². The Kier molecular flexibility index (Phi) is 6.49. The normalized spacial score (nSPS) is 11.8. The standard InChI is InChI=1S/C15H23N7O3/c1-4-6-22-13(12(7-17-22)14(23)25-5-2)20-15(24)19-11(3)8-21-10-16-9-18-21/h7,9-11H,4-6,8H2,1-3H3,(H2,19,20,24). The molecular weight excluding hydrogens is 326 g/mol. The zero-order valence-corrected chi connectivity index (χ0v) is 14.6. The predicted molar refractivity (Wildman–Crippen MR) is 90.1 cm³/mol. The number of aryl methyl sites for hydroxylation is 1. The van der Waals surface area contributed by atoms with Crippen molar-refractivity contribution in [3.8, 4) is 0 Å². The van der Waals surface area contributed by atoms with Gasteiger partial charge in [0.05, 0.1) is 19.3 Å². The molecule has 10 heteroatoms. The van der Waals surface area contributed by atoms with Gasteiger partial charge in [-0.2, -0.15) is 10.2 Å². The van der Waals surface area contributed by atoms with Gasteiger partial charge in [-0.05, 0) is 20.3 Å². The van der Waals surface area contributed by atoms with Crippen molar-refractivity contribution >= 4 is 17.8 Å². The lowest BCUT2D eigenvalue weighted by molar-refractivity contribution is 0.0527. The van der Waals surface area contributed by atoms with Crippen LogP contribution in [0.1, 0.15) is 37.6 Å². The quantitative estimate of drug-likeness (QED) is 0.693. The molecule has 25 heavy (non-hydrogen) atoms. The fraction of sp³-hybridized carbons (Fsp3) is 0.533. The SMILES string of the molecule is CCCn1ncc(C(=O)OCC)c1NC(=O)NC(C)Cn1cncn1. The van der Waals surface area contributed by atoms with Crippen molar-refractivity contribution in [3.05, 3.63) is 24.4 Å². The maximum atomic E-state index is 12.3. The van der Waals surface area contributed by atoms with Crippen LogP contribution in [0.5, 0.6) is 0 Å². The first-order valence-corrected chi connectivity index (χ1v) is 8.18. The Morgan fingerprint density at radius 3 is 2.76 bits per heavy atom. The molecule has 2 N–H and O–H groups in total. The Morgan fingerprint density at radius 2 is 2.12 bits per heavy atom. The highest BCUT2D eigenvalue weighted by Crippen LogP contribution is 2.17. The van der Waals surface area contributed by atoms with Gasteiger partial charge in [0.2, 0.25) is 0 Å². The summed E-state index contributed by atoms with van der Waals surface area (Å²) in [6.07, 6.45) is 5.22. The average molecular weight is 349 g/mol. The van der Waals surface area contributed by atoms with Crippen LogP contribution in [-0.2, 0) is 17.8 Å². The molecule has 0 bridgehead atoms. The highest BCUT2D eigenvalue weighted by atomic mass is 16.5. The molecule has 2 aromatic rings. The number of hydrogen-bond acceptors (Lipinski definition) is 6. The van der Waals surface area contributed by atoms with Crippen LogP contribution in [0.4, 0.5) is 10.6 Å². The van der Waals surface area contributed by atoms with Crippen molar-refractivity contribution < 1.29 is 14.3 Å². The monoisotopic (exact) mass is 349 g/mol. The summed E-state index contributed by atoms with van der Waals surface area (Å²) in [4.78, 5) is 28.2. The van der Waals surface area contributed by atoms with Crippen molar-refractivity contribution in [2.75, 3.05) is 11.9 Å². The number of carbonyl (C=O) groups excluding carboxylic acids is 2. The van der Waals surface area contributed by atoms with Gasteiger partial charge in [-0.25, -0.2) is 19.3 Å². The second-order valence-corrected chi connectivity index (χ2v) is 5.47. The van der Waals surface area contributed by atoms with Gasteiger partial charge in [-0.1, -0.05) is 6.92 Å². The van der Waals surface area contributed by atoms with Crippen LogP contribution in [0.3, 0.4) is 0 Å². The number of urea groups is 1. The van der Waals surface area contributed by atoms with Gasteiger partial charge in [0.15, 0.2) is 0 Å². The number of nitrogens with one attached hydrogen (secondary N) is 2. The minimum absolute atomic E-state index is 0.185. The first-order chi connectivity index (χ1) is 12.0. The molecule has 0 aliphatic heterocycles. The van der Waals surface area contributed by atoms with Crippen molar-refractivity contribution in [2.24, 2.45) is 0 Å². The zero-order valence-electron chi connectivity index (χ0n) is 14.6. The van der Waals surface area contributed by atoms with E-state index in [1.807, 2.05) is 13.8 Å². The number of hydrogen-bond donors (Lipinski definition) is 2. The number of anilines is 1. The fourth-order valence-electron chi connectivity index (χ4n) is 2.28. The fourth-order valence-corrected chi connectivity index (χ4v) is 2.28. The molecule has 10 nitrogen and oxygen atoms in total. The number of aromatic nitrogens is 5. The molecule has 1 unspecified atom stereocenters. The maximum Gasteiger partial charge on any atom is 0.343 e. The molecule has 0 radical (unpaired) electrons. The Bertz CT molecular complexity index is 696. The number of amides is 2. The number of nitrogens with zero attached hydrogens (tertiary/aromatic N) is 5. The van der Waals surface area contributed by atoms with Gasteiger partial charge in [0.1, 0.15) is 24.0 Å². The third kappa shape index (κ3) is 5.03. The topological polar surface area (TPSA) is 116 Å². The van der Waals surface area contributed by atoms with Crippen molar-refractivity contribution in [1.29, 1.82) is 0 Å². The van der Waals surface area contributed by atoms with E-state index in [4.69, 9.17) is 4.74 Å². The van der Waals surface area contributed by atoms with Crippen molar-refractivity contribution in [3.63, 3.8) is 0 Å². The zero-order chi connectivity index (χ0) is 18.2. The number of rotatable bonds is 8. The van der Waals surface area contributed by atoms with Crippen molar-refractivity contribution in [1.82, 2.24) is 29.9 Å². The van der Waals surface area contributed by atoms with E-state index in [9.17, 15) is 9.59 Å². The summed E-state index contributed by atoms with van der Waals surface area (Å²) in [6.45, 7) is 6.85. The van der Waals surface area contributed by atoms with E-state index in [0.717, 1.165) is 6.42 Å². The summed E-state index contributed by atoms with van der Waals surface area (Å²) in [6, 6.07) is -0.619. The van der Waals surface area contributed by atoms with Crippen LogP contribution in [-0.4, -0.2) is 49.2 Å². The predicted octanol–water partition coefficient (Wildman–Crippen LogP) is 1.27. The third-order valence-electron chi connectivity index (χ3n) is 3.31. The molecule has 2 amide bonds. The summed E-state index contributed by atoms with van der Waals surface area (Å²) < 4.78 is 8.21. The average Bonchev–Trinajstić information content (AvgIpc) is 3.18. The van der Waals surface area contributed by atoms with E-state index in [0.29, 0.717) is 18.9 Å². The van der Waals surface area contributed by atoms with Crippen LogP contribution in [0.15, 0.2) is 18.9 Å². The Hall–Kier alpha value is -2.91. The minimum atomic E-state index is -0.518. The summed E-state index contributed by atoms with van der Waals surface area (Å²) >= 11 is 0. The van der Waals surface area contributed by atoms with Crippen LogP contribution in [0, 0.1) is 0 Å². The summed E-state index contributed by atoms with van der Waals surface area (Å²) in [5.74, 6) is -0.193. The van der Waals surface area contributed by atoms with Gasteiger partial charge in [-0.15, -0.1) is 0 Å². The van der Waals surface area contributed by atoms with E-state index in [-0.39, 0.29) is 18.2 Å². The van der Waals surface area contributed by atoms with Gasteiger partial charge < -0.3 is 10.1 Å². The summed E-state index contributed by atoms with van der Waals surface area (Å²) in [7, 11) is 0. The smallest absolute Gasteiger partial charge is 0.343 e. The Balaban J connectivity index is 2.04. The molecule has 0 aromatic carbocycles. The lowest BCUT2D eigenvalue weighted by Crippen LogP contribution is -2.39. The van der Waals surface area contributed by atoms with E-state index in [2.05, 4.69) is 25.8 Å². The molecular formula is C15H23N7O3. The first kappa shape index (κ1) is 18.4. The molecule has 2 heterocycles. The third-order valence-corrected chi connectivity index (χ3v) is 3.31. The molecule has 2 rings (SSSR count). The van der Waals surface area contributed by atoms with Gasteiger partial charge in [0.25, 0.3) is 0 Å². The highest BCUT2D eigenvalue weighted by Gasteiger charge is 2.21. The maximum absolute atomic E-state index is 12.3. The number of ether oxygens (including phenoxy) is 1. The number of carbonyl (C=O) groups is 2. The molecule has 0 spiro atoms. The first-order valence-electron chi connectivity index (χ1n) is 8.18. The second kappa shape index (κ2) is 8.81. The molecule has 0 saturated carbocycles. The highest BCUT2D eigenvalue weighted by molar-refractivity contribution is 5.99. The second-order valence-electron chi connectivity index (χ2n) is 5.47. The molecule has 0 fully saturated rings. The van der Waals surface area contributed by atoms with E-state index in [1.165, 1.54) is 12.5 Å². The molecule has 0 aliphatic rings. The lowest BCUT2D eigenvalue weighted by atomic mass is 10.3. The molecule has 2 aromatic heterocycles.